The van der Waals surface area contributed by atoms with Gasteiger partial charge in [0.2, 0.25) is 0 Å². The van der Waals surface area contributed by atoms with E-state index < -0.39 is 23.1 Å². The number of carbonyl (C=O) groups is 1. The molecule has 1 rings (SSSR count). The van der Waals surface area contributed by atoms with Crippen molar-refractivity contribution in [3.8, 4) is 0 Å². The van der Waals surface area contributed by atoms with Crippen molar-refractivity contribution in [2.24, 2.45) is 5.11 Å². The van der Waals surface area contributed by atoms with E-state index in [-0.39, 0.29) is 17.6 Å². The van der Waals surface area contributed by atoms with Gasteiger partial charge in [0.25, 0.3) is 5.91 Å². The van der Waals surface area contributed by atoms with Gasteiger partial charge < -0.3 is 5.32 Å². The van der Waals surface area contributed by atoms with Crippen molar-refractivity contribution >= 4 is 21.8 Å². The van der Waals surface area contributed by atoms with Crippen LogP contribution < -0.4 is 5.32 Å². The molecule has 0 aliphatic rings. The van der Waals surface area contributed by atoms with Gasteiger partial charge in [0.05, 0.1) is 0 Å². The van der Waals surface area contributed by atoms with Gasteiger partial charge in [-0.25, -0.2) is 8.78 Å². The summed E-state index contributed by atoms with van der Waals surface area (Å²) in [6.45, 7) is 0.0276. The van der Waals surface area contributed by atoms with Crippen molar-refractivity contribution in [3.05, 3.63) is 44.2 Å². The third kappa shape index (κ3) is 3.69. The largest absolute Gasteiger partial charge is 0.352 e. The van der Waals surface area contributed by atoms with Crippen LogP contribution in [-0.2, 0) is 0 Å². The number of nitrogens with zero attached hydrogens (tertiary/aromatic N) is 3. The Labute approximate surface area is 104 Å². The molecule has 1 amide bonds. The summed E-state index contributed by atoms with van der Waals surface area (Å²) in [7, 11) is 0. The van der Waals surface area contributed by atoms with Crippen molar-refractivity contribution in [1.82, 2.24) is 5.32 Å². The molecule has 17 heavy (non-hydrogen) atoms. The minimum absolute atomic E-state index is 0.0117. The van der Waals surface area contributed by atoms with Gasteiger partial charge in [-0.3, -0.25) is 4.79 Å². The Morgan fingerprint density at radius 1 is 1.47 bits per heavy atom. The minimum atomic E-state index is -0.960. The molecule has 0 bridgehead atoms. The minimum Gasteiger partial charge on any atom is -0.352 e. The molecule has 1 aromatic rings. The Balaban J connectivity index is 2.78. The van der Waals surface area contributed by atoms with E-state index in [1.807, 2.05) is 0 Å². The summed E-state index contributed by atoms with van der Waals surface area (Å²) in [6, 6.07) is 1.98. The molecule has 0 aliphatic carbocycles. The number of benzene rings is 1. The van der Waals surface area contributed by atoms with E-state index in [9.17, 15) is 13.6 Å². The zero-order valence-electron chi connectivity index (χ0n) is 8.45. The van der Waals surface area contributed by atoms with Gasteiger partial charge >= 0.3 is 0 Å². The third-order valence-electron chi connectivity index (χ3n) is 1.79. The number of hydrogen-bond acceptors (Lipinski definition) is 2. The lowest BCUT2D eigenvalue weighted by atomic mass is 10.2. The molecular formula is C9H7BrF2N4O. The van der Waals surface area contributed by atoms with Gasteiger partial charge in [-0.15, -0.1) is 0 Å². The van der Waals surface area contributed by atoms with E-state index in [0.717, 1.165) is 12.1 Å². The molecule has 0 aliphatic heterocycles. The summed E-state index contributed by atoms with van der Waals surface area (Å²) >= 11 is 2.90. The Kier molecular flexibility index (Phi) is 4.86. The van der Waals surface area contributed by atoms with Crippen LogP contribution in [0, 0.1) is 11.6 Å². The Bertz CT molecular complexity index is 465. The molecule has 90 valence electrons. The molecule has 0 aromatic heterocycles. The summed E-state index contributed by atoms with van der Waals surface area (Å²) < 4.78 is 26.9. The molecule has 0 atom stereocenters. The third-order valence-corrected chi connectivity index (χ3v) is 2.25. The molecule has 8 heteroatoms. The van der Waals surface area contributed by atoms with Gasteiger partial charge in [-0.1, -0.05) is 21.0 Å². The predicted molar refractivity (Wildman–Crippen MR) is 60.4 cm³/mol. The molecule has 0 saturated carbocycles. The number of azide groups is 1. The number of hydrogen-bond donors (Lipinski definition) is 1. The summed E-state index contributed by atoms with van der Waals surface area (Å²) in [5, 5.41) is 5.40. The number of nitrogens with one attached hydrogen (secondary N) is 1. The molecule has 1 N–H and O–H groups in total. The lowest BCUT2D eigenvalue weighted by Gasteiger charge is -2.06. The first kappa shape index (κ1) is 13.4. The second kappa shape index (κ2) is 6.17. The number of halogens is 3. The summed E-state index contributed by atoms with van der Waals surface area (Å²) in [5.41, 5.74) is 7.33. The quantitative estimate of drug-likeness (QED) is 0.395. The highest BCUT2D eigenvalue weighted by atomic mass is 79.9. The van der Waals surface area contributed by atoms with Crippen LogP contribution in [0.1, 0.15) is 10.4 Å². The smallest absolute Gasteiger partial charge is 0.257 e. The molecule has 0 heterocycles. The van der Waals surface area contributed by atoms with E-state index in [0.29, 0.717) is 0 Å². The van der Waals surface area contributed by atoms with Crippen LogP contribution in [0.5, 0.6) is 0 Å². The van der Waals surface area contributed by atoms with Crippen molar-refractivity contribution in [3.63, 3.8) is 0 Å². The van der Waals surface area contributed by atoms with E-state index in [4.69, 9.17) is 5.53 Å². The Morgan fingerprint density at radius 3 is 2.59 bits per heavy atom. The average molecular weight is 305 g/mol. The second-order valence-electron chi connectivity index (χ2n) is 2.95. The molecule has 0 saturated heterocycles. The van der Waals surface area contributed by atoms with Gasteiger partial charge in [0.1, 0.15) is 17.2 Å². The molecule has 0 fully saturated rings. The van der Waals surface area contributed by atoms with Gasteiger partial charge in [-0.2, -0.15) is 0 Å². The van der Waals surface area contributed by atoms with Crippen LogP contribution in [0.25, 0.3) is 10.4 Å². The van der Waals surface area contributed by atoms with Crippen LogP contribution in [0.2, 0.25) is 0 Å². The molecule has 0 spiro atoms. The van der Waals surface area contributed by atoms with Crippen molar-refractivity contribution in [2.75, 3.05) is 13.1 Å². The first-order chi connectivity index (χ1) is 8.06. The number of amides is 1. The second-order valence-corrected chi connectivity index (χ2v) is 3.87. The fourth-order valence-corrected chi connectivity index (χ4v) is 1.51. The lowest BCUT2D eigenvalue weighted by molar-refractivity contribution is 0.0946. The highest BCUT2D eigenvalue weighted by Gasteiger charge is 2.17. The number of rotatable bonds is 4. The average Bonchev–Trinajstić information content (AvgIpc) is 2.23. The Hall–Kier alpha value is -1.66. The van der Waals surface area contributed by atoms with Crippen LogP contribution in [0.4, 0.5) is 8.78 Å². The van der Waals surface area contributed by atoms with E-state index in [1.54, 1.807) is 0 Å². The van der Waals surface area contributed by atoms with Crippen molar-refractivity contribution < 1.29 is 13.6 Å². The van der Waals surface area contributed by atoms with Gasteiger partial charge in [0, 0.05) is 22.5 Å². The topological polar surface area (TPSA) is 77.9 Å². The molecule has 0 unspecified atom stereocenters. The standard InChI is InChI=1S/C9H7BrF2N4O/c10-5-3-6(11)8(7(12)4-5)9(17)14-1-2-15-16-13/h3-4H,1-2H2,(H,14,17). The first-order valence-corrected chi connectivity index (χ1v) is 5.29. The van der Waals surface area contributed by atoms with Crippen LogP contribution in [0.15, 0.2) is 21.7 Å². The highest BCUT2D eigenvalue weighted by Crippen LogP contribution is 2.19. The van der Waals surface area contributed by atoms with Gasteiger partial charge in [-0.05, 0) is 17.7 Å². The van der Waals surface area contributed by atoms with Crippen molar-refractivity contribution in [2.45, 2.75) is 0 Å². The lowest BCUT2D eigenvalue weighted by Crippen LogP contribution is -2.27. The fraction of sp³-hybridized carbons (Fsp3) is 0.222. The van der Waals surface area contributed by atoms with Gasteiger partial charge in [0.15, 0.2) is 0 Å². The van der Waals surface area contributed by atoms with E-state index in [1.165, 1.54) is 0 Å². The van der Waals surface area contributed by atoms with Crippen LogP contribution in [-0.4, -0.2) is 19.0 Å². The molecule has 5 nitrogen and oxygen atoms in total. The monoisotopic (exact) mass is 304 g/mol. The molecule has 1 aromatic carbocycles. The first-order valence-electron chi connectivity index (χ1n) is 4.50. The van der Waals surface area contributed by atoms with Crippen LogP contribution >= 0.6 is 15.9 Å². The normalized spacial score (nSPS) is 9.59. The van der Waals surface area contributed by atoms with Crippen molar-refractivity contribution in [1.29, 1.82) is 0 Å². The maximum atomic E-state index is 13.3. The van der Waals surface area contributed by atoms with E-state index >= 15 is 0 Å². The maximum Gasteiger partial charge on any atom is 0.257 e. The SMILES string of the molecule is [N-]=[N+]=NCCNC(=O)c1c(F)cc(Br)cc1F. The molecule has 0 radical (unpaired) electrons. The van der Waals surface area contributed by atoms with Crippen LogP contribution in [0.3, 0.4) is 0 Å². The highest BCUT2D eigenvalue weighted by molar-refractivity contribution is 9.10. The zero-order chi connectivity index (χ0) is 12.8. The summed E-state index contributed by atoms with van der Waals surface area (Å²) in [6.07, 6.45) is 0. The predicted octanol–water partition coefficient (Wildman–Crippen LogP) is 2.77. The number of carbonyl (C=O) groups excluding carboxylic acids is 1. The molecular weight excluding hydrogens is 298 g/mol. The summed E-state index contributed by atoms with van der Waals surface area (Å²) in [4.78, 5) is 13.9. The Morgan fingerprint density at radius 2 is 2.06 bits per heavy atom. The fourth-order valence-electron chi connectivity index (χ4n) is 1.11. The maximum absolute atomic E-state index is 13.3. The summed E-state index contributed by atoms with van der Waals surface area (Å²) in [5.74, 6) is -2.81. The zero-order valence-corrected chi connectivity index (χ0v) is 10.0. The van der Waals surface area contributed by atoms with E-state index in [2.05, 4.69) is 31.3 Å².